The summed E-state index contributed by atoms with van der Waals surface area (Å²) in [6, 6.07) is 7.99. The maximum absolute atomic E-state index is 9.21. The van der Waals surface area contributed by atoms with Crippen LogP contribution in [-0.4, -0.2) is 36.4 Å². The van der Waals surface area contributed by atoms with Crippen LogP contribution >= 0.6 is 0 Å². The molecule has 4 rings (SSSR count). The smallest absolute Gasteiger partial charge is 0.221 e. The Balaban J connectivity index is 1.78. The summed E-state index contributed by atoms with van der Waals surface area (Å²) in [5.74, 6) is 1.37. The number of hydroxylamine groups is 2. The molecule has 1 saturated heterocycles. The van der Waals surface area contributed by atoms with Crippen LogP contribution in [0.25, 0.3) is 5.57 Å². The highest BCUT2D eigenvalue weighted by Gasteiger charge is 2.51. The molecule has 1 aromatic carbocycles. The summed E-state index contributed by atoms with van der Waals surface area (Å²) in [6.45, 7) is 14.7. The molecule has 1 fully saturated rings. The minimum atomic E-state index is -0.970. The molecule has 2 N–H and O–H groups in total. The average Bonchev–Trinajstić information content (AvgIpc) is 3.04. The van der Waals surface area contributed by atoms with Gasteiger partial charge in [-0.1, -0.05) is 24.8 Å². The molecule has 174 valence electrons. The Hall–Kier alpha value is -3.08. The molecule has 0 amide bonds. The first-order valence-corrected chi connectivity index (χ1v) is 11.2. The third kappa shape index (κ3) is 4.41. The minimum Gasteiger partial charge on any atom is -0.489 e. The topological polar surface area (TPSA) is 93.1 Å². The van der Waals surface area contributed by atoms with Gasteiger partial charge in [-0.05, 0) is 63.0 Å². The molecule has 7 heteroatoms. The van der Waals surface area contributed by atoms with Gasteiger partial charge in [0, 0.05) is 31.6 Å². The van der Waals surface area contributed by atoms with Crippen LogP contribution in [0.3, 0.4) is 0 Å². The zero-order valence-electron chi connectivity index (χ0n) is 19.9. The molecule has 3 aliphatic rings. The molecular weight excluding hydrogens is 416 g/mol. The predicted molar refractivity (Wildman–Crippen MR) is 128 cm³/mol. The van der Waals surface area contributed by atoms with E-state index in [2.05, 4.69) is 33.1 Å². The number of nitrogens with zero attached hydrogens (tertiary/aromatic N) is 3. The Morgan fingerprint density at radius 3 is 2.70 bits per heavy atom. The van der Waals surface area contributed by atoms with E-state index in [1.54, 1.807) is 13.1 Å². The first-order valence-electron chi connectivity index (χ1n) is 11.2. The van der Waals surface area contributed by atoms with E-state index in [0.29, 0.717) is 30.5 Å². The number of guanidine groups is 1. The van der Waals surface area contributed by atoms with E-state index < -0.39 is 5.72 Å². The fraction of sp³-hybridized carbons (Fsp3) is 0.462. The zero-order valence-corrected chi connectivity index (χ0v) is 19.9. The lowest BCUT2D eigenvalue weighted by molar-refractivity contribution is -0.199. The van der Waals surface area contributed by atoms with E-state index in [4.69, 9.17) is 25.0 Å². The van der Waals surface area contributed by atoms with Crippen molar-refractivity contribution < 1.29 is 14.3 Å². The number of rotatable bonds is 4. The van der Waals surface area contributed by atoms with Crippen LogP contribution in [0.15, 0.2) is 53.6 Å². The number of hydrogen-bond donors (Lipinski definition) is 1. The van der Waals surface area contributed by atoms with Crippen LogP contribution in [-0.2, 0) is 15.3 Å². The van der Waals surface area contributed by atoms with Gasteiger partial charge in [0.05, 0.1) is 17.2 Å². The van der Waals surface area contributed by atoms with E-state index in [-0.39, 0.29) is 11.7 Å². The van der Waals surface area contributed by atoms with Crippen LogP contribution in [0.1, 0.15) is 51.2 Å². The molecule has 0 aromatic heterocycles. The van der Waals surface area contributed by atoms with Crippen molar-refractivity contribution in [3.63, 3.8) is 0 Å². The van der Waals surface area contributed by atoms with Gasteiger partial charge in [-0.15, -0.1) is 0 Å². The first kappa shape index (κ1) is 23.1. The Morgan fingerprint density at radius 2 is 2.09 bits per heavy atom. The quantitative estimate of drug-likeness (QED) is 0.541. The highest BCUT2D eigenvalue weighted by atomic mass is 16.7. The lowest BCUT2D eigenvalue weighted by Crippen LogP contribution is -2.46. The number of nitriles is 1. The average molecular weight is 449 g/mol. The molecule has 33 heavy (non-hydrogen) atoms. The van der Waals surface area contributed by atoms with Crippen molar-refractivity contribution in [3.8, 4) is 11.8 Å². The van der Waals surface area contributed by atoms with Crippen molar-refractivity contribution in [1.82, 2.24) is 5.06 Å². The molecule has 7 nitrogen and oxygen atoms in total. The fourth-order valence-corrected chi connectivity index (χ4v) is 4.95. The van der Waals surface area contributed by atoms with Crippen molar-refractivity contribution in [3.05, 3.63) is 59.7 Å². The SMILES string of the molecule is C=C(C#N)C=C(C(=C)C)c1ccc2c(c1)C1(CC(C3CCOC(C)(C)C3)O2)N=C(N)N(C)O1. The lowest BCUT2D eigenvalue weighted by Gasteiger charge is -2.44. The van der Waals surface area contributed by atoms with Crippen LogP contribution in [0, 0.1) is 17.2 Å². The number of allylic oxidation sites excluding steroid dienone is 4. The van der Waals surface area contributed by atoms with Crippen molar-refractivity contribution >= 4 is 11.5 Å². The maximum atomic E-state index is 9.21. The largest absolute Gasteiger partial charge is 0.489 e. The van der Waals surface area contributed by atoms with E-state index in [1.165, 1.54) is 5.06 Å². The van der Waals surface area contributed by atoms with E-state index >= 15 is 0 Å². The summed E-state index contributed by atoms with van der Waals surface area (Å²) < 4.78 is 12.5. The minimum absolute atomic E-state index is 0.0795. The Labute approximate surface area is 195 Å². The summed E-state index contributed by atoms with van der Waals surface area (Å²) in [5.41, 5.74) is 8.71. The summed E-state index contributed by atoms with van der Waals surface area (Å²) in [5, 5.41) is 10.7. The summed E-state index contributed by atoms with van der Waals surface area (Å²) >= 11 is 0. The highest BCUT2D eigenvalue weighted by molar-refractivity contribution is 5.82. The van der Waals surface area contributed by atoms with Crippen molar-refractivity contribution in [1.29, 1.82) is 5.26 Å². The summed E-state index contributed by atoms with van der Waals surface area (Å²) in [7, 11) is 1.76. The second-order valence-corrected chi connectivity index (χ2v) is 9.75. The van der Waals surface area contributed by atoms with Gasteiger partial charge < -0.3 is 15.2 Å². The molecule has 0 saturated carbocycles. The number of nitrogens with two attached hydrogens (primary N) is 1. The molecule has 0 radical (unpaired) electrons. The van der Waals surface area contributed by atoms with Gasteiger partial charge in [0.25, 0.3) is 0 Å². The summed E-state index contributed by atoms with van der Waals surface area (Å²) in [6.07, 6.45) is 4.03. The maximum Gasteiger partial charge on any atom is 0.221 e. The van der Waals surface area contributed by atoms with Gasteiger partial charge >= 0.3 is 0 Å². The molecular formula is C26H32N4O3. The standard InChI is InChI=1S/C26H32N4O3/c1-16(2)20(11-17(3)15-27)18-7-8-22-21(12-18)26(29-24(28)30(6)33-26)14-23(32-22)19-9-10-31-25(4,5)13-19/h7-8,11-12,19,23H,1,3,9-10,13-14H2,2,4-6H3,(H2,28,29). The van der Waals surface area contributed by atoms with Gasteiger partial charge in [0.1, 0.15) is 11.9 Å². The highest BCUT2D eigenvalue weighted by Crippen LogP contribution is 2.49. The zero-order chi connectivity index (χ0) is 24.0. The fourth-order valence-electron chi connectivity index (χ4n) is 4.95. The van der Waals surface area contributed by atoms with Gasteiger partial charge in [0.2, 0.25) is 11.7 Å². The third-order valence-electron chi connectivity index (χ3n) is 6.56. The molecule has 3 aliphatic heterocycles. The molecule has 0 bridgehead atoms. The number of hydrogen-bond acceptors (Lipinski definition) is 7. The van der Waals surface area contributed by atoms with Gasteiger partial charge in [0.15, 0.2) is 0 Å². The number of ether oxygens (including phenoxy) is 2. The van der Waals surface area contributed by atoms with Crippen LogP contribution < -0.4 is 10.5 Å². The van der Waals surface area contributed by atoms with E-state index in [1.807, 2.05) is 25.1 Å². The molecule has 3 unspecified atom stereocenters. The van der Waals surface area contributed by atoms with Crippen LogP contribution in [0.2, 0.25) is 0 Å². The van der Waals surface area contributed by atoms with E-state index in [0.717, 1.165) is 40.9 Å². The van der Waals surface area contributed by atoms with E-state index in [9.17, 15) is 5.26 Å². The van der Waals surface area contributed by atoms with Crippen molar-refractivity contribution in [2.45, 2.75) is 57.5 Å². The molecule has 3 heterocycles. The summed E-state index contributed by atoms with van der Waals surface area (Å²) in [4.78, 5) is 11.1. The Kier molecular flexibility index (Phi) is 5.85. The molecule has 1 spiro atoms. The normalized spacial score (nSPS) is 28.5. The lowest BCUT2D eigenvalue weighted by atomic mass is 9.79. The number of benzene rings is 1. The van der Waals surface area contributed by atoms with Crippen molar-refractivity contribution in [2.24, 2.45) is 16.6 Å². The second-order valence-electron chi connectivity index (χ2n) is 9.75. The monoisotopic (exact) mass is 448 g/mol. The van der Waals surface area contributed by atoms with Gasteiger partial charge in [-0.3, -0.25) is 0 Å². The van der Waals surface area contributed by atoms with Crippen molar-refractivity contribution in [2.75, 3.05) is 13.7 Å². The second kappa shape index (κ2) is 8.36. The Morgan fingerprint density at radius 1 is 1.33 bits per heavy atom. The predicted octanol–water partition coefficient (Wildman–Crippen LogP) is 4.43. The van der Waals surface area contributed by atoms with Gasteiger partial charge in [-0.25, -0.2) is 14.9 Å². The molecule has 0 aliphatic carbocycles. The molecule has 1 aromatic rings. The third-order valence-corrected chi connectivity index (χ3v) is 6.56. The van der Waals surface area contributed by atoms with Crippen LogP contribution in [0.5, 0.6) is 5.75 Å². The molecule has 3 atom stereocenters. The van der Waals surface area contributed by atoms with Gasteiger partial charge in [-0.2, -0.15) is 5.26 Å². The Bertz CT molecular complexity index is 1100. The first-order chi connectivity index (χ1) is 15.5. The number of fused-ring (bicyclic) bond motifs is 2. The number of aliphatic imine (C=N–C) groups is 1. The van der Waals surface area contributed by atoms with Crippen LogP contribution in [0.4, 0.5) is 0 Å².